The highest BCUT2D eigenvalue weighted by Crippen LogP contribution is 2.30. The summed E-state index contributed by atoms with van der Waals surface area (Å²) in [6.07, 6.45) is 2.65. The lowest BCUT2D eigenvalue weighted by Crippen LogP contribution is -2.59. The van der Waals surface area contributed by atoms with E-state index in [0.29, 0.717) is 13.2 Å². The third kappa shape index (κ3) is 3.64. The monoisotopic (exact) mass is 298 g/mol. The van der Waals surface area contributed by atoms with E-state index in [-0.39, 0.29) is 18.3 Å². The van der Waals surface area contributed by atoms with E-state index in [4.69, 9.17) is 10.5 Å². The van der Waals surface area contributed by atoms with Gasteiger partial charge in [-0.2, -0.15) is 0 Å². The fourth-order valence-electron chi connectivity index (χ4n) is 2.26. The second kappa shape index (κ2) is 6.95. The van der Waals surface area contributed by atoms with Gasteiger partial charge in [0.1, 0.15) is 12.4 Å². The lowest BCUT2D eigenvalue weighted by atomic mass is 9.77. The molecule has 1 saturated carbocycles. The van der Waals surface area contributed by atoms with Crippen LogP contribution in [0.3, 0.4) is 0 Å². The number of likely N-dealkylation sites (N-methyl/N-ethyl adjacent to an activating group) is 1. The van der Waals surface area contributed by atoms with Crippen molar-refractivity contribution in [2.75, 3.05) is 20.2 Å². The molecule has 20 heavy (non-hydrogen) atoms. The standard InChI is InChI=1S/C15H22N2O2.ClH/c1-12-6-3-4-7-13(12)19-11-10-17(2)14(18)15(16)8-5-9-15;/h3-4,6-7H,5,8-11,16H2,1-2H3;1H. The summed E-state index contributed by atoms with van der Waals surface area (Å²) in [5.74, 6) is 0.904. The van der Waals surface area contributed by atoms with E-state index in [1.54, 1.807) is 11.9 Å². The second-order valence-corrected chi connectivity index (χ2v) is 5.35. The number of carbonyl (C=O) groups is 1. The molecule has 0 heterocycles. The average molecular weight is 299 g/mol. The fourth-order valence-corrected chi connectivity index (χ4v) is 2.26. The molecule has 1 amide bonds. The molecule has 1 aromatic carbocycles. The van der Waals surface area contributed by atoms with E-state index < -0.39 is 5.54 Å². The lowest BCUT2D eigenvalue weighted by Gasteiger charge is -2.39. The smallest absolute Gasteiger partial charge is 0.242 e. The molecule has 5 heteroatoms. The van der Waals surface area contributed by atoms with Gasteiger partial charge in [0.25, 0.3) is 0 Å². The van der Waals surface area contributed by atoms with Gasteiger partial charge in [-0.05, 0) is 37.8 Å². The second-order valence-electron chi connectivity index (χ2n) is 5.35. The van der Waals surface area contributed by atoms with Gasteiger partial charge in [0.05, 0.1) is 12.1 Å². The van der Waals surface area contributed by atoms with Gasteiger partial charge >= 0.3 is 0 Å². The molecule has 2 rings (SSSR count). The number of nitrogens with two attached hydrogens (primary N) is 1. The molecule has 1 aliphatic rings. The first-order chi connectivity index (χ1) is 9.03. The molecule has 0 atom stereocenters. The summed E-state index contributed by atoms with van der Waals surface area (Å²) in [5, 5.41) is 0. The van der Waals surface area contributed by atoms with Gasteiger partial charge in [0, 0.05) is 7.05 Å². The topological polar surface area (TPSA) is 55.6 Å². The van der Waals surface area contributed by atoms with Gasteiger partial charge in [-0.3, -0.25) is 4.79 Å². The van der Waals surface area contributed by atoms with Crippen LogP contribution in [0.4, 0.5) is 0 Å². The third-order valence-corrected chi connectivity index (χ3v) is 3.80. The van der Waals surface area contributed by atoms with Crippen molar-refractivity contribution in [2.24, 2.45) is 5.73 Å². The Balaban J connectivity index is 0.00000200. The Morgan fingerprint density at radius 2 is 2.05 bits per heavy atom. The summed E-state index contributed by atoms with van der Waals surface area (Å²) in [6.45, 7) is 3.06. The molecular formula is C15H23ClN2O2. The van der Waals surface area contributed by atoms with Crippen LogP contribution in [0.1, 0.15) is 24.8 Å². The molecular weight excluding hydrogens is 276 g/mol. The summed E-state index contributed by atoms with van der Waals surface area (Å²) >= 11 is 0. The van der Waals surface area contributed by atoms with Crippen LogP contribution in [-0.4, -0.2) is 36.5 Å². The van der Waals surface area contributed by atoms with Gasteiger partial charge in [-0.1, -0.05) is 18.2 Å². The first-order valence-electron chi connectivity index (χ1n) is 6.76. The number of para-hydroxylation sites is 1. The summed E-state index contributed by atoms with van der Waals surface area (Å²) < 4.78 is 5.69. The van der Waals surface area contributed by atoms with E-state index in [1.165, 1.54) is 0 Å². The zero-order valence-electron chi connectivity index (χ0n) is 12.1. The highest BCUT2D eigenvalue weighted by molar-refractivity contribution is 5.86. The van der Waals surface area contributed by atoms with Crippen LogP contribution in [0.5, 0.6) is 5.75 Å². The van der Waals surface area contributed by atoms with Crippen molar-refractivity contribution in [1.29, 1.82) is 0 Å². The normalized spacial score (nSPS) is 15.8. The zero-order chi connectivity index (χ0) is 13.9. The summed E-state index contributed by atoms with van der Waals surface area (Å²) in [6, 6.07) is 7.87. The predicted molar refractivity (Wildman–Crippen MR) is 82.3 cm³/mol. The minimum atomic E-state index is -0.614. The van der Waals surface area contributed by atoms with Crippen LogP contribution in [0.25, 0.3) is 0 Å². The molecule has 112 valence electrons. The summed E-state index contributed by atoms with van der Waals surface area (Å²) in [4.78, 5) is 13.8. The van der Waals surface area contributed by atoms with E-state index in [0.717, 1.165) is 30.6 Å². The quantitative estimate of drug-likeness (QED) is 0.906. The highest BCUT2D eigenvalue weighted by atomic mass is 35.5. The summed E-state index contributed by atoms with van der Waals surface area (Å²) in [7, 11) is 1.79. The molecule has 0 radical (unpaired) electrons. The average Bonchev–Trinajstić information content (AvgIpc) is 2.37. The summed E-state index contributed by atoms with van der Waals surface area (Å²) in [5.41, 5.74) is 6.51. The number of hydrogen-bond donors (Lipinski definition) is 1. The molecule has 0 unspecified atom stereocenters. The fraction of sp³-hybridized carbons (Fsp3) is 0.533. The maximum Gasteiger partial charge on any atom is 0.242 e. The molecule has 0 aromatic heterocycles. The van der Waals surface area contributed by atoms with Crippen LogP contribution in [0, 0.1) is 6.92 Å². The largest absolute Gasteiger partial charge is 0.491 e. The van der Waals surface area contributed by atoms with Crippen molar-refractivity contribution in [3.63, 3.8) is 0 Å². The number of benzene rings is 1. The molecule has 2 N–H and O–H groups in total. The lowest BCUT2D eigenvalue weighted by molar-refractivity contribution is -0.139. The molecule has 1 fully saturated rings. The van der Waals surface area contributed by atoms with Crippen LogP contribution < -0.4 is 10.5 Å². The maximum absolute atomic E-state index is 12.1. The Morgan fingerprint density at radius 1 is 1.40 bits per heavy atom. The molecule has 0 spiro atoms. The Bertz CT molecular complexity index is 461. The van der Waals surface area contributed by atoms with Crippen molar-refractivity contribution in [3.8, 4) is 5.75 Å². The number of halogens is 1. The van der Waals surface area contributed by atoms with E-state index >= 15 is 0 Å². The predicted octanol–water partition coefficient (Wildman–Crippen LogP) is 2.14. The van der Waals surface area contributed by atoms with Crippen molar-refractivity contribution in [1.82, 2.24) is 4.90 Å². The van der Waals surface area contributed by atoms with Crippen molar-refractivity contribution in [2.45, 2.75) is 31.7 Å². The van der Waals surface area contributed by atoms with Crippen molar-refractivity contribution < 1.29 is 9.53 Å². The first-order valence-corrected chi connectivity index (χ1v) is 6.76. The van der Waals surface area contributed by atoms with Gasteiger partial charge in [0.15, 0.2) is 0 Å². The molecule has 1 aromatic rings. The SMILES string of the molecule is Cc1ccccc1OCCN(C)C(=O)C1(N)CCC1.Cl. The van der Waals surface area contributed by atoms with Crippen molar-refractivity contribution in [3.05, 3.63) is 29.8 Å². The van der Waals surface area contributed by atoms with Gasteiger partial charge in [-0.15, -0.1) is 12.4 Å². The van der Waals surface area contributed by atoms with E-state index in [2.05, 4.69) is 0 Å². The van der Waals surface area contributed by atoms with Crippen LogP contribution >= 0.6 is 12.4 Å². The first kappa shape index (κ1) is 16.8. The minimum absolute atomic E-state index is 0. The van der Waals surface area contributed by atoms with E-state index in [1.807, 2.05) is 31.2 Å². The Morgan fingerprint density at radius 3 is 2.60 bits per heavy atom. The van der Waals surface area contributed by atoms with Crippen LogP contribution in [-0.2, 0) is 4.79 Å². The number of ether oxygens (including phenoxy) is 1. The molecule has 4 nitrogen and oxygen atoms in total. The van der Waals surface area contributed by atoms with Crippen LogP contribution in [0.15, 0.2) is 24.3 Å². The number of amides is 1. The minimum Gasteiger partial charge on any atom is -0.491 e. The highest BCUT2D eigenvalue weighted by Gasteiger charge is 2.41. The van der Waals surface area contributed by atoms with Crippen LogP contribution in [0.2, 0.25) is 0 Å². The maximum atomic E-state index is 12.1. The Hall–Kier alpha value is -1.26. The molecule has 1 aliphatic carbocycles. The van der Waals surface area contributed by atoms with Gasteiger partial charge < -0.3 is 15.4 Å². The van der Waals surface area contributed by atoms with Gasteiger partial charge in [-0.25, -0.2) is 0 Å². The van der Waals surface area contributed by atoms with Crippen molar-refractivity contribution >= 4 is 18.3 Å². The van der Waals surface area contributed by atoms with E-state index in [9.17, 15) is 4.79 Å². The number of rotatable bonds is 5. The third-order valence-electron chi connectivity index (χ3n) is 3.80. The number of carbonyl (C=O) groups excluding carboxylic acids is 1. The Kier molecular flexibility index (Phi) is 5.84. The van der Waals surface area contributed by atoms with Gasteiger partial charge in [0.2, 0.25) is 5.91 Å². The number of nitrogens with zero attached hydrogens (tertiary/aromatic N) is 1. The molecule has 0 saturated heterocycles. The Labute approximate surface area is 126 Å². The number of hydrogen-bond acceptors (Lipinski definition) is 3. The molecule has 0 aliphatic heterocycles. The number of aryl methyl sites for hydroxylation is 1. The zero-order valence-corrected chi connectivity index (χ0v) is 12.9. The molecule has 0 bridgehead atoms.